The molecule has 0 amide bonds. The third-order valence-electron chi connectivity index (χ3n) is 3.55. The van der Waals surface area contributed by atoms with Crippen LogP contribution in [-0.2, 0) is 14.9 Å². The van der Waals surface area contributed by atoms with Crippen LogP contribution in [0.5, 0.6) is 0 Å². The summed E-state index contributed by atoms with van der Waals surface area (Å²) in [7, 11) is -4.37. The minimum Gasteiger partial charge on any atom is -0.757 e. The first-order chi connectivity index (χ1) is 12.3. The van der Waals surface area contributed by atoms with Crippen LogP contribution in [0.1, 0.15) is 0 Å². The van der Waals surface area contributed by atoms with Gasteiger partial charge in [-0.1, -0.05) is 12.2 Å². The standard InChI is InChI=1S/C16H11N3O6S.Na/c20-15-8-1-10-9-13(26(23,24)25)6-7-14(10)16(15)18-17-11-2-4-12(5-3-11)19(21)22;/h1-9H,(H2,23,24,25);/q;+1/p-1. The molecular formula is C16H10N3NaO6S. The molecule has 0 saturated heterocycles. The van der Waals surface area contributed by atoms with E-state index in [1.807, 2.05) is 0 Å². The first-order valence-corrected chi connectivity index (χ1v) is 8.57. The monoisotopic (exact) mass is 395 g/mol. The summed E-state index contributed by atoms with van der Waals surface area (Å²) in [6.07, 6.45) is 6.35. The van der Waals surface area contributed by atoms with Crippen molar-refractivity contribution in [3.63, 3.8) is 0 Å². The number of hydrogen-bond donors (Lipinski definition) is 1. The Kier molecular flexibility index (Phi) is 6.42. The van der Waals surface area contributed by atoms with E-state index in [-0.39, 0.29) is 45.8 Å². The molecule has 9 nitrogen and oxygen atoms in total. The van der Waals surface area contributed by atoms with E-state index < -0.39 is 20.8 Å². The van der Waals surface area contributed by atoms with Gasteiger partial charge in [0.2, 0.25) is 5.78 Å². The van der Waals surface area contributed by atoms with Gasteiger partial charge in [-0.3, -0.25) is 19.1 Å². The average Bonchev–Trinajstić information content (AvgIpc) is 2.60. The molecule has 1 aromatic carbocycles. The quantitative estimate of drug-likeness (QED) is 0.243. The van der Waals surface area contributed by atoms with Gasteiger partial charge in [0.15, 0.2) is 0 Å². The van der Waals surface area contributed by atoms with Gasteiger partial charge in [-0.25, -0.2) is 0 Å². The van der Waals surface area contributed by atoms with E-state index in [4.69, 9.17) is 4.55 Å². The maximum absolute atomic E-state index is 12.1. The number of rotatable bonds is 3. The van der Waals surface area contributed by atoms with Crippen molar-refractivity contribution in [2.75, 3.05) is 0 Å². The van der Waals surface area contributed by atoms with Crippen LogP contribution >= 0.6 is 0 Å². The fourth-order valence-electron chi connectivity index (χ4n) is 2.28. The molecule has 1 N–H and O–H groups in total. The van der Waals surface area contributed by atoms with Crippen molar-refractivity contribution in [3.8, 4) is 0 Å². The van der Waals surface area contributed by atoms with E-state index in [0.717, 1.165) is 6.08 Å². The molecule has 1 atom stereocenters. The Labute approximate surface area is 176 Å². The predicted molar refractivity (Wildman–Crippen MR) is 92.6 cm³/mol. The summed E-state index contributed by atoms with van der Waals surface area (Å²) in [5.41, 5.74) is 0.939. The zero-order valence-corrected chi connectivity index (χ0v) is 16.8. The number of hydrogen-bond acceptors (Lipinski definition) is 7. The number of nitrogens with zero attached hydrogens (tertiary/aromatic N) is 3. The Morgan fingerprint density at radius 1 is 1.04 bits per heavy atom. The second-order valence-electron chi connectivity index (χ2n) is 5.24. The molecule has 2 aliphatic rings. The average molecular weight is 395 g/mol. The fraction of sp³-hybridized carbons (Fsp3) is 0. The third-order valence-corrected chi connectivity index (χ3v) is 4.40. The first kappa shape index (κ1) is 21.1. The molecule has 0 aliphatic heterocycles. The van der Waals surface area contributed by atoms with Crippen molar-refractivity contribution < 1.29 is 52.6 Å². The van der Waals surface area contributed by atoms with Crippen LogP contribution in [0, 0.1) is 10.1 Å². The second-order valence-corrected chi connectivity index (χ2v) is 6.67. The van der Waals surface area contributed by atoms with E-state index in [1.54, 1.807) is 0 Å². The van der Waals surface area contributed by atoms with Gasteiger partial charge >= 0.3 is 29.6 Å². The second kappa shape index (κ2) is 8.21. The number of ketones is 1. The largest absolute Gasteiger partial charge is 1.00 e. The Bertz CT molecular complexity index is 1080. The van der Waals surface area contributed by atoms with Crippen molar-refractivity contribution in [2.45, 2.75) is 0 Å². The minimum absolute atomic E-state index is 0. The van der Waals surface area contributed by atoms with Crippen LogP contribution in [0.4, 0.5) is 11.4 Å². The molecule has 3 rings (SSSR count). The smallest absolute Gasteiger partial charge is 0.757 e. The number of nitro benzene ring substituents is 1. The summed E-state index contributed by atoms with van der Waals surface area (Å²) in [4.78, 5) is 21.8. The molecule has 0 heterocycles. The molecule has 0 fully saturated rings. The zero-order valence-electron chi connectivity index (χ0n) is 13.9. The molecule has 2 aliphatic carbocycles. The van der Waals surface area contributed by atoms with Crippen LogP contribution in [0.25, 0.3) is 0 Å². The van der Waals surface area contributed by atoms with Crippen LogP contribution in [0.2, 0.25) is 0 Å². The molecule has 1 unspecified atom stereocenters. The van der Waals surface area contributed by atoms with Gasteiger partial charge in [0.1, 0.15) is 5.70 Å². The van der Waals surface area contributed by atoms with Crippen molar-refractivity contribution in [3.05, 3.63) is 81.6 Å². The van der Waals surface area contributed by atoms with Gasteiger partial charge in [-0.05, 0) is 35.9 Å². The number of fused-ring (bicyclic) bond motifs is 1. The summed E-state index contributed by atoms with van der Waals surface area (Å²) in [5.74, 6) is -0.428. The van der Waals surface area contributed by atoms with Crippen molar-refractivity contribution >= 4 is 32.1 Å². The van der Waals surface area contributed by atoms with E-state index in [9.17, 15) is 23.7 Å². The van der Waals surface area contributed by atoms with Gasteiger partial charge in [0, 0.05) is 32.7 Å². The summed E-state index contributed by atoms with van der Waals surface area (Å²) in [5, 5.41) is 18.4. The number of carbonyl (C=O) groups excluding carboxylic acids is 1. The molecule has 0 saturated carbocycles. The summed E-state index contributed by atoms with van der Waals surface area (Å²) in [6.45, 7) is 0. The number of allylic oxidation sites excluding steroid dienone is 7. The van der Waals surface area contributed by atoms with Crippen LogP contribution < -0.4 is 29.6 Å². The first-order valence-electron chi connectivity index (χ1n) is 7.13. The van der Waals surface area contributed by atoms with E-state index >= 15 is 0 Å². The topological polar surface area (TPSA) is 145 Å². The molecule has 11 heteroatoms. The molecule has 0 spiro atoms. The van der Waals surface area contributed by atoms with E-state index in [2.05, 4.69) is 10.2 Å². The summed E-state index contributed by atoms with van der Waals surface area (Å²) in [6, 6.07) is 5.28. The van der Waals surface area contributed by atoms with E-state index in [0.29, 0.717) is 16.8 Å². The van der Waals surface area contributed by atoms with Gasteiger partial charge in [0.25, 0.3) is 5.69 Å². The molecule has 1 aromatic rings. The molecule has 0 aromatic heterocycles. The molecular weight excluding hydrogens is 385 g/mol. The number of azo groups is 1. The SMILES string of the molecule is O=C1C=CC2=CC(=S(=O)([O-])O)C=CC2=C1N=Nc1ccc([N+](=O)[O-])cc1.[Na+]. The maximum Gasteiger partial charge on any atom is 1.00 e. The van der Waals surface area contributed by atoms with Crippen molar-refractivity contribution in [1.82, 2.24) is 0 Å². The van der Waals surface area contributed by atoms with Gasteiger partial charge in [0.05, 0.1) is 10.6 Å². The van der Waals surface area contributed by atoms with Crippen LogP contribution in [0.3, 0.4) is 0 Å². The fourth-order valence-corrected chi connectivity index (χ4v) is 2.80. The predicted octanol–water partition coefficient (Wildman–Crippen LogP) is -0.368. The number of non-ortho nitro benzene ring substituents is 1. The Morgan fingerprint density at radius 2 is 1.70 bits per heavy atom. The molecule has 0 bridgehead atoms. The van der Waals surface area contributed by atoms with E-state index in [1.165, 1.54) is 48.6 Å². The van der Waals surface area contributed by atoms with Crippen molar-refractivity contribution in [2.24, 2.45) is 10.2 Å². The van der Waals surface area contributed by atoms with Crippen LogP contribution in [0.15, 0.2) is 81.7 Å². The molecule has 132 valence electrons. The zero-order chi connectivity index (χ0) is 18.9. The Hall–Kier alpha value is -2.21. The normalized spacial score (nSPS) is 18.1. The van der Waals surface area contributed by atoms with Crippen LogP contribution in [-0.4, -0.2) is 28.9 Å². The molecule has 0 radical (unpaired) electrons. The van der Waals surface area contributed by atoms with Crippen molar-refractivity contribution in [1.29, 1.82) is 0 Å². The Balaban J connectivity index is 0.00000261. The number of benzene rings is 1. The summed E-state index contributed by atoms with van der Waals surface area (Å²) < 4.78 is 31.5. The third kappa shape index (κ3) is 4.75. The van der Waals surface area contributed by atoms with Gasteiger partial charge < -0.3 is 9.11 Å². The number of nitro groups is 1. The minimum atomic E-state index is -4.37. The molecule has 27 heavy (non-hydrogen) atoms. The summed E-state index contributed by atoms with van der Waals surface area (Å²) >= 11 is 0. The Morgan fingerprint density at radius 3 is 2.30 bits per heavy atom. The maximum atomic E-state index is 12.1. The van der Waals surface area contributed by atoms with Gasteiger partial charge in [-0.2, -0.15) is 5.11 Å². The van der Waals surface area contributed by atoms with Gasteiger partial charge in [-0.15, -0.1) is 5.11 Å². The number of carbonyl (C=O) groups is 1.